The lowest BCUT2D eigenvalue weighted by atomic mass is 10.0. The first-order valence-electron chi connectivity index (χ1n) is 8.87. The standard InChI is InChI=1S/C21H24NO3P/c1-16(2)15-19(20-13-14-21(23)25-20)22-26(24,17-9-5-3-6-10-17)18-11-7-4-8-12-18/h3-14,16,19-20H,15H2,1-2H3,(H,22,24)/t19-,20+/m0/s1. The second-order valence-corrected chi connectivity index (χ2v) is 9.42. The van der Waals surface area contributed by atoms with Gasteiger partial charge in [0.25, 0.3) is 0 Å². The lowest BCUT2D eigenvalue weighted by Crippen LogP contribution is -2.43. The van der Waals surface area contributed by atoms with Crippen molar-refractivity contribution in [3.63, 3.8) is 0 Å². The third-order valence-electron chi connectivity index (χ3n) is 4.38. The van der Waals surface area contributed by atoms with E-state index < -0.39 is 13.4 Å². The van der Waals surface area contributed by atoms with Gasteiger partial charge in [-0.15, -0.1) is 0 Å². The molecule has 0 aliphatic carbocycles. The third-order valence-corrected chi connectivity index (χ3v) is 7.13. The van der Waals surface area contributed by atoms with Gasteiger partial charge in [0.15, 0.2) is 0 Å². The average molecular weight is 369 g/mol. The van der Waals surface area contributed by atoms with Crippen LogP contribution < -0.4 is 15.7 Å². The van der Waals surface area contributed by atoms with Crippen LogP contribution >= 0.6 is 7.29 Å². The molecule has 0 fully saturated rings. The molecule has 2 aromatic rings. The maximum atomic E-state index is 14.2. The van der Waals surface area contributed by atoms with Crippen LogP contribution in [0.4, 0.5) is 0 Å². The first-order valence-corrected chi connectivity index (χ1v) is 10.6. The van der Waals surface area contributed by atoms with E-state index >= 15 is 0 Å². The molecule has 0 saturated heterocycles. The zero-order chi connectivity index (χ0) is 18.6. The van der Waals surface area contributed by atoms with Crippen molar-refractivity contribution >= 4 is 23.9 Å². The van der Waals surface area contributed by atoms with E-state index in [9.17, 15) is 9.36 Å². The molecule has 0 amide bonds. The Labute approximate surface area is 154 Å². The Bertz CT molecular complexity index is 774. The minimum absolute atomic E-state index is 0.232. The highest BCUT2D eigenvalue weighted by Gasteiger charge is 2.35. The second kappa shape index (κ2) is 8.03. The Hall–Kier alpha value is -2.16. The molecule has 0 spiro atoms. The highest BCUT2D eigenvalue weighted by atomic mass is 31.2. The van der Waals surface area contributed by atoms with Gasteiger partial charge in [0.05, 0.1) is 6.04 Å². The first kappa shape index (κ1) is 18.6. The highest BCUT2D eigenvalue weighted by molar-refractivity contribution is 7.76. The molecule has 1 aliphatic heterocycles. The predicted molar refractivity (Wildman–Crippen MR) is 105 cm³/mol. The van der Waals surface area contributed by atoms with Crippen molar-refractivity contribution in [1.29, 1.82) is 0 Å². The van der Waals surface area contributed by atoms with Crippen molar-refractivity contribution in [1.82, 2.24) is 5.09 Å². The Morgan fingerprint density at radius 2 is 1.54 bits per heavy atom. The summed E-state index contributed by atoms with van der Waals surface area (Å²) < 4.78 is 19.6. The molecule has 0 radical (unpaired) electrons. The van der Waals surface area contributed by atoms with E-state index in [-0.39, 0.29) is 12.0 Å². The number of hydrogen-bond donors (Lipinski definition) is 1. The average Bonchev–Trinajstić information content (AvgIpc) is 3.08. The maximum absolute atomic E-state index is 14.2. The van der Waals surface area contributed by atoms with Gasteiger partial charge in [-0.3, -0.25) is 9.65 Å². The summed E-state index contributed by atoms with van der Waals surface area (Å²) in [5.74, 6) is 0.0139. The summed E-state index contributed by atoms with van der Waals surface area (Å²) in [6, 6.07) is 18.7. The Morgan fingerprint density at radius 1 is 1.00 bits per heavy atom. The van der Waals surface area contributed by atoms with Crippen molar-refractivity contribution in [2.75, 3.05) is 0 Å². The number of carbonyl (C=O) groups excluding carboxylic acids is 1. The topological polar surface area (TPSA) is 55.4 Å². The van der Waals surface area contributed by atoms with Crippen molar-refractivity contribution in [2.24, 2.45) is 5.92 Å². The number of ether oxygens (including phenoxy) is 1. The van der Waals surface area contributed by atoms with Gasteiger partial charge in [-0.2, -0.15) is 0 Å². The normalized spacial score (nSPS) is 18.1. The zero-order valence-electron chi connectivity index (χ0n) is 15.0. The molecule has 0 saturated carbocycles. The molecule has 26 heavy (non-hydrogen) atoms. The van der Waals surface area contributed by atoms with Crippen LogP contribution in [0.25, 0.3) is 0 Å². The molecule has 5 heteroatoms. The molecule has 0 bridgehead atoms. The van der Waals surface area contributed by atoms with Crippen LogP contribution in [0, 0.1) is 5.92 Å². The SMILES string of the molecule is CC(C)C[C@H](NP(=O)(c1ccccc1)c1ccccc1)[C@H]1C=CC(=O)O1. The number of cyclic esters (lactones) is 1. The fraction of sp³-hybridized carbons (Fsp3) is 0.286. The number of rotatable bonds is 7. The van der Waals surface area contributed by atoms with Crippen LogP contribution in [0.1, 0.15) is 20.3 Å². The van der Waals surface area contributed by atoms with Crippen LogP contribution in [0.5, 0.6) is 0 Å². The van der Waals surface area contributed by atoms with Gasteiger partial charge < -0.3 is 4.74 Å². The molecular formula is C21H24NO3P. The summed E-state index contributed by atoms with van der Waals surface area (Å²) in [5, 5.41) is 4.87. The van der Waals surface area contributed by atoms with E-state index in [0.29, 0.717) is 5.92 Å². The van der Waals surface area contributed by atoms with E-state index in [1.54, 1.807) is 6.08 Å². The molecule has 1 aliphatic rings. The quantitative estimate of drug-likeness (QED) is 0.600. The molecule has 2 aromatic carbocycles. The highest BCUT2D eigenvalue weighted by Crippen LogP contribution is 2.40. The summed E-state index contributed by atoms with van der Waals surface area (Å²) in [7, 11) is -3.08. The number of carbonyl (C=O) groups is 1. The van der Waals surface area contributed by atoms with Gasteiger partial charge in [-0.05, 0) is 42.7 Å². The number of benzene rings is 2. The van der Waals surface area contributed by atoms with Crippen LogP contribution in [0.3, 0.4) is 0 Å². The number of nitrogens with one attached hydrogen (secondary N) is 1. The van der Waals surface area contributed by atoms with Crippen molar-refractivity contribution in [2.45, 2.75) is 32.4 Å². The van der Waals surface area contributed by atoms with Crippen molar-refractivity contribution in [3.05, 3.63) is 72.8 Å². The molecule has 1 heterocycles. The van der Waals surface area contributed by atoms with Crippen LogP contribution in [-0.2, 0) is 14.1 Å². The van der Waals surface area contributed by atoms with E-state index in [1.165, 1.54) is 6.08 Å². The summed E-state index contributed by atoms with van der Waals surface area (Å²) in [4.78, 5) is 11.5. The van der Waals surface area contributed by atoms with Crippen LogP contribution in [0.15, 0.2) is 72.8 Å². The van der Waals surface area contributed by atoms with Gasteiger partial charge in [-0.1, -0.05) is 50.2 Å². The fourth-order valence-corrected chi connectivity index (χ4v) is 5.68. The van der Waals surface area contributed by atoms with E-state index in [1.807, 2.05) is 60.7 Å². The maximum Gasteiger partial charge on any atom is 0.331 e. The first-order chi connectivity index (χ1) is 12.5. The zero-order valence-corrected chi connectivity index (χ0v) is 15.9. The molecule has 4 nitrogen and oxygen atoms in total. The van der Waals surface area contributed by atoms with Gasteiger partial charge in [0.1, 0.15) is 6.10 Å². The van der Waals surface area contributed by atoms with Gasteiger partial charge >= 0.3 is 5.97 Å². The molecule has 1 N–H and O–H groups in total. The number of hydrogen-bond acceptors (Lipinski definition) is 3. The van der Waals surface area contributed by atoms with Gasteiger partial charge in [0.2, 0.25) is 7.29 Å². The monoisotopic (exact) mass is 369 g/mol. The van der Waals surface area contributed by atoms with Gasteiger partial charge in [-0.25, -0.2) is 4.79 Å². The van der Waals surface area contributed by atoms with Crippen molar-refractivity contribution in [3.8, 4) is 0 Å². The fourth-order valence-electron chi connectivity index (χ4n) is 3.18. The summed E-state index contributed by atoms with van der Waals surface area (Å²) >= 11 is 0. The smallest absolute Gasteiger partial charge is 0.331 e. The van der Waals surface area contributed by atoms with E-state index in [4.69, 9.17) is 4.74 Å². The Morgan fingerprint density at radius 3 is 1.96 bits per heavy atom. The third kappa shape index (κ3) is 4.14. The molecule has 0 unspecified atom stereocenters. The predicted octanol–water partition coefficient (Wildman–Crippen LogP) is 3.40. The minimum atomic E-state index is -3.08. The number of esters is 1. The van der Waals surface area contributed by atoms with Crippen LogP contribution in [-0.4, -0.2) is 18.1 Å². The summed E-state index contributed by atoms with van der Waals surface area (Å²) in [6.45, 7) is 4.20. The second-order valence-electron chi connectivity index (χ2n) is 6.91. The lowest BCUT2D eigenvalue weighted by molar-refractivity contribution is -0.139. The van der Waals surface area contributed by atoms with E-state index in [2.05, 4.69) is 18.9 Å². The Kier molecular flexibility index (Phi) is 5.75. The van der Waals surface area contributed by atoms with Crippen molar-refractivity contribution < 1.29 is 14.1 Å². The van der Waals surface area contributed by atoms with Gasteiger partial charge in [0, 0.05) is 16.7 Å². The lowest BCUT2D eigenvalue weighted by Gasteiger charge is -2.30. The van der Waals surface area contributed by atoms with Crippen LogP contribution in [0.2, 0.25) is 0 Å². The minimum Gasteiger partial charge on any atom is -0.453 e. The molecule has 2 atom stereocenters. The summed E-state index contributed by atoms with van der Waals surface area (Å²) in [5.41, 5.74) is 0. The van der Waals surface area contributed by atoms with E-state index in [0.717, 1.165) is 17.0 Å². The molecule has 3 rings (SSSR count). The molecule has 0 aromatic heterocycles. The largest absolute Gasteiger partial charge is 0.453 e. The Balaban J connectivity index is 1.99. The molecular weight excluding hydrogens is 345 g/mol. The summed E-state index contributed by atoms with van der Waals surface area (Å²) in [6.07, 6.45) is 3.52. The molecule has 136 valence electrons.